The minimum absolute atomic E-state index is 0.328. The molecule has 1 aromatic heterocycles. The first kappa shape index (κ1) is 23.8. The maximum atomic E-state index is 11.7. The Morgan fingerprint density at radius 3 is 2.29 bits per heavy atom. The second-order valence-electron chi connectivity index (χ2n) is 9.60. The fourth-order valence-electron chi connectivity index (χ4n) is 5.06. The van der Waals surface area contributed by atoms with E-state index < -0.39 is 9.84 Å². The van der Waals surface area contributed by atoms with Crippen molar-refractivity contribution in [2.45, 2.75) is 24.8 Å². The van der Waals surface area contributed by atoms with Crippen molar-refractivity contribution in [3.05, 3.63) is 66.0 Å². The highest BCUT2D eigenvalue weighted by Gasteiger charge is 2.56. The summed E-state index contributed by atoms with van der Waals surface area (Å²) < 4.78 is 29.8. The van der Waals surface area contributed by atoms with Gasteiger partial charge in [0.05, 0.1) is 11.5 Å². The molecule has 184 valence electrons. The van der Waals surface area contributed by atoms with Crippen molar-refractivity contribution in [2.24, 2.45) is 17.8 Å². The van der Waals surface area contributed by atoms with Crippen LogP contribution in [0.5, 0.6) is 5.75 Å². The van der Waals surface area contributed by atoms with Gasteiger partial charge in [0.25, 0.3) is 0 Å². The third kappa shape index (κ3) is 5.04. The van der Waals surface area contributed by atoms with E-state index >= 15 is 0 Å². The summed E-state index contributed by atoms with van der Waals surface area (Å²) in [5.41, 5.74) is 4.27. The van der Waals surface area contributed by atoms with Gasteiger partial charge in [0.1, 0.15) is 5.75 Å². The van der Waals surface area contributed by atoms with E-state index in [9.17, 15) is 8.42 Å². The summed E-state index contributed by atoms with van der Waals surface area (Å²) in [4.78, 5) is 11.7. The predicted octanol–water partition coefficient (Wildman–Crippen LogP) is 3.59. The SMILES string of the molecule is CCc1cnc(N2CC3[C@@H](COc4ccc(-c5ccc(S(C)(=O)=O)cc5)cc4CNC)[C@@H]3C2)nc1. The van der Waals surface area contributed by atoms with Gasteiger partial charge in [-0.15, -0.1) is 0 Å². The third-order valence-corrected chi connectivity index (χ3v) is 8.36. The molecule has 1 N–H and O–H groups in total. The average molecular weight is 493 g/mol. The van der Waals surface area contributed by atoms with Crippen LogP contribution in [0.25, 0.3) is 11.1 Å². The van der Waals surface area contributed by atoms with E-state index in [0.29, 0.717) is 29.2 Å². The van der Waals surface area contributed by atoms with Crippen molar-refractivity contribution in [2.75, 3.05) is 37.9 Å². The Morgan fingerprint density at radius 2 is 1.69 bits per heavy atom. The number of rotatable bonds is 9. The second kappa shape index (κ2) is 9.59. The molecule has 2 heterocycles. The highest BCUT2D eigenvalue weighted by atomic mass is 32.2. The minimum Gasteiger partial charge on any atom is -0.493 e. The van der Waals surface area contributed by atoms with Gasteiger partial charge < -0.3 is 15.0 Å². The summed E-state index contributed by atoms with van der Waals surface area (Å²) in [5.74, 6) is 3.60. The number of aryl methyl sites for hydroxylation is 1. The molecular weight excluding hydrogens is 460 g/mol. The normalized spacial score (nSPS) is 21.1. The molecule has 0 radical (unpaired) electrons. The summed E-state index contributed by atoms with van der Waals surface area (Å²) in [6.07, 6.45) is 6.04. The van der Waals surface area contributed by atoms with E-state index in [1.807, 2.05) is 43.7 Å². The monoisotopic (exact) mass is 492 g/mol. The molecule has 1 saturated carbocycles. The Bertz CT molecular complexity index is 1280. The molecule has 0 bridgehead atoms. The van der Waals surface area contributed by atoms with Crippen LogP contribution >= 0.6 is 0 Å². The molecule has 5 rings (SSSR count). The number of benzene rings is 2. The number of fused-ring (bicyclic) bond motifs is 1. The molecule has 1 unspecified atom stereocenters. The molecule has 1 aliphatic heterocycles. The lowest BCUT2D eigenvalue weighted by Gasteiger charge is -2.20. The number of nitrogens with zero attached hydrogens (tertiary/aromatic N) is 3. The van der Waals surface area contributed by atoms with Gasteiger partial charge in [-0.25, -0.2) is 18.4 Å². The summed E-state index contributed by atoms with van der Waals surface area (Å²) >= 11 is 0. The van der Waals surface area contributed by atoms with E-state index in [4.69, 9.17) is 4.74 Å². The molecule has 3 atom stereocenters. The van der Waals surface area contributed by atoms with E-state index in [2.05, 4.69) is 33.2 Å². The first-order valence-corrected chi connectivity index (χ1v) is 14.0. The van der Waals surface area contributed by atoms with Gasteiger partial charge >= 0.3 is 0 Å². The zero-order valence-electron chi connectivity index (χ0n) is 20.4. The highest BCUT2D eigenvalue weighted by Crippen LogP contribution is 2.52. The van der Waals surface area contributed by atoms with Crippen molar-refractivity contribution < 1.29 is 13.2 Å². The number of hydrogen-bond acceptors (Lipinski definition) is 7. The van der Waals surface area contributed by atoms with Gasteiger partial charge in [-0.1, -0.05) is 25.1 Å². The molecule has 1 saturated heterocycles. The first-order valence-electron chi connectivity index (χ1n) is 12.1. The maximum absolute atomic E-state index is 11.7. The summed E-state index contributed by atoms with van der Waals surface area (Å²) in [6.45, 7) is 5.52. The molecule has 7 nitrogen and oxygen atoms in total. The fraction of sp³-hybridized carbons (Fsp3) is 0.407. The minimum atomic E-state index is -3.20. The van der Waals surface area contributed by atoms with Crippen LogP contribution in [0.1, 0.15) is 18.1 Å². The van der Waals surface area contributed by atoms with Gasteiger partial charge in [0.2, 0.25) is 5.95 Å². The van der Waals surface area contributed by atoms with E-state index in [1.54, 1.807) is 12.1 Å². The van der Waals surface area contributed by atoms with Gasteiger partial charge in [0, 0.05) is 49.8 Å². The maximum Gasteiger partial charge on any atom is 0.225 e. The van der Waals surface area contributed by atoms with Crippen LogP contribution in [0.4, 0.5) is 5.95 Å². The van der Waals surface area contributed by atoms with Crippen LogP contribution in [-0.2, 0) is 22.8 Å². The van der Waals surface area contributed by atoms with Crippen LogP contribution in [0.3, 0.4) is 0 Å². The molecule has 35 heavy (non-hydrogen) atoms. The lowest BCUT2D eigenvalue weighted by Crippen LogP contribution is -2.27. The lowest BCUT2D eigenvalue weighted by atomic mass is 10.0. The largest absolute Gasteiger partial charge is 0.493 e. The van der Waals surface area contributed by atoms with Crippen LogP contribution in [0.2, 0.25) is 0 Å². The van der Waals surface area contributed by atoms with E-state index in [1.165, 1.54) is 11.8 Å². The van der Waals surface area contributed by atoms with E-state index in [-0.39, 0.29) is 0 Å². The van der Waals surface area contributed by atoms with Crippen LogP contribution in [0, 0.1) is 17.8 Å². The number of nitrogens with one attached hydrogen (secondary N) is 1. The Balaban J connectivity index is 1.21. The molecular formula is C27H32N4O3S. The van der Waals surface area contributed by atoms with Crippen LogP contribution in [0.15, 0.2) is 59.8 Å². The zero-order chi connectivity index (χ0) is 24.6. The number of piperidine rings is 1. The Morgan fingerprint density at radius 1 is 1.03 bits per heavy atom. The zero-order valence-corrected chi connectivity index (χ0v) is 21.3. The number of sulfone groups is 1. The summed E-state index contributed by atoms with van der Waals surface area (Å²) in [6, 6.07) is 13.2. The third-order valence-electron chi connectivity index (χ3n) is 7.23. The Hall–Kier alpha value is -2.97. The highest BCUT2D eigenvalue weighted by molar-refractivity contribution is 7.90. The Kier molecular flexibility index (Phi) is 6.51. The van der Waals surface area contributed by atoms with Crippen molar-refractivity contribution in [3.8, 4) is 16.9 Å². The van der Waals surface area contributed by atoms with Crippen LogP contribution in [-0.4, -0.2) is 51.4 Å². The van der Waals surface area contributed by atoms with Crippen molar-refractivity contribution >= 4 is 15.8 Å². The standard InChI is InChI=1S/C27H32N4O3S/c1-4-18-12-29-27(30-13-18)31-15-23-24(16-31)25(23)17-34-26-10-7-20(11-21(26)14-28-2)19-5-8-22(9-6-19)35(3,32)33/h5-13,23-25,28H,4,14-17H2,1-3H3/t23-,24?,25+/m1/s1. The number of anilines is 1. The molecule has 2 fully saturated rings. The van der Waals surface area contributed by atoms with Crippen LogP contribution < -0.4 is 15.0 Å². The molecule has 1 aliphatic carbocycles. The topological polar surface area (TPSA) is 84.4 Å². The van der Waals surface area contributed by atoms with Crippen molar-refractivity contribution in [1.82, 2.24) is 15.3 Å². The quantitative estimate of drug-likeness (QED) is 0.489. The molecule has 0 amide bonds. The summed E-state index contributed by atoms with van der Waals surface area (Å²) in [5, 5.41) is 3.23. The first-order chi connectivity index (χ1) is 16.9. The Labute approximate surface area is 207 Å². The van der Waals surface area contributed by atoms with Gasteiger partial charge in [0.15, 0.2) is 9.84 Å². The number of aromatic nitrogens is 2. The molecule has 8 heteroatoms. The molecule has 3 aromatic rings. The van der Waals surface area contributed by atoms with Crippen molar-refractivity contribution in [1.29, 1.82) is 0 Å². The fourth-order valence-corrected chi connectivity index (χ4v) is 5.69. The molecule has 2 aromatic carbocycles. The molecule has 2 aliphatic rings. The van der Waals surface area contributed by atoms with E-state index in [0.717, 1.165) is 54.5 Å². The van der Waals surface area contributed by atoms with Gasteiger partial charge in [-0.3, -0.25) is 0 Å². The van der Waals surface area contributed by atoms with Gasteiger partial charge in [-0.2, -0.15) is 0 Å². The molecule has 0 spiro atoms. The smallest absolute Gasteiger partial charge is 0.225 e. The van der Waals surface area contributed by atoms with Gasteiger partial charge in [-0.05, 0) is 66.3 Å². The second-order valence-corrected chi connectivity index (χ2v) is 11.6. The lowest BCUT2D eigenvalue weighted by molar-refractivity contribution is 0.280. The number of hydrogen-bond donors (Lipinski definition) is 1. The number of ether oxygens (including phenoxy) is 1. The van der Waals surface area contributed by atoms with Crippen molar-refractivity contribution in [3.63, 3.8) is 0 Å². The average Bonchev–Trinajstić information content (AvgIpc) is 3.31. The predicted molar refractivity (Wildman–Crippen MR) is 137 cm³/mol. The summed E-state index contributed by atoms with van der Waals surface area (Å²) in [7, 11) is -1.28.